The highest BCUT2D eigenvalue weighted by atomic mass is 16.6. The van der Waals surface area contributed by atoms with Crippen LogP contribution in [0.5, 0.6) is 0 Å². The van der Waals surface area contributed by atoms with E-state index in [2.05, 4.69) is 10.9 Å². The first-order valence-electron chi connectivity index (χ1n) is 5.14. The average Bonchev–Trinajstić information content (AvgIpc) is 2.70. The highest BCUT2D eigenvalue weighted by Crippen LogP contribution is 2.14. The zero-order valence-corrected chi connectivity index (χ0v) is 10.2. The fourth-order valence-electron chi connectivity index (χ4n) is 1.83. The lowest BCUT2D eigenvalue weighted by atomic mass is 10.5. The summed E-state index contributed by atoms with van der Waals surface area (Å²) < 4.78 is 2.92. The van der Waals surface area contributed by atoms with Gasteiger partial charge in [-0.1, -0.05) is 5.92 Å². The molecule has 2 aromatic rings. The maximum atomic E-state index is 12.1. The molecule has 0 amide bonds. The predicted molar refractivity (Wildman–Crippen MR) is 65.7 cm³/mol. The standard InChI is InChI=1S/C10H9N5O4/c1-4-5-14-8(16)6-7(13(3)10(14)17)11-9(12(6)2)15(18)19/h1H,5H2,2-3H3. The van der Waals surface area contributed by atoms with Crippen molar-refractivity contribution in [3.05, 3.63) is 31.0 Å². The van der Waals surface area contributed by atoms with E-state index in [0.29, 0.717) is 0 Å². The van der Waals surface area contributed by atoms with E-state index in [9.17, 15) is 19.7 Å². The van der Waals surface area contributed by atoms with Gasteiger partial charge in [0.25, 0.3) is 11.2 Å². The van der Waals surface area contributed by atoms with Crippen molar-refractivity contribution in [3.8, 4) is 12.3 Å². The summed E-state index contributed by atoms with van der Waals surface area (Å²) in [6, 6.07) is 0. The van der Waals surface area contributed by atoms with E-state index in [-0.39, 0.29) is 17.7 Å². The number of imidazole rings is 1. The molecule has 2 heterocycles. The van der Waals surface area contributed by atoms with Gasteiger partial charge in [-0.15, -0.1) is 6.42 Å². The number of nitrogens with zero attached hydrogens (tertiary/aromatic N) is 5. The third-order valence-corrected chi connectivity index (χ3v) is 2.75. The first-order valence-corrected chi connectivity index (χ1v) is 5.14. The number of hydrogen-bond donors (Lipinski definition) is 0. The fourth-order valence-corrected chi connectivity index (χ4v) is 1.83. The smallest absolute Gasteiger partial charge is 0.390 e. The van der Waals surface area contributed by atoms with Crippen LogP contribution in [0.3, 0.4) is 0 Å². The molecule has 0 atom stereocenters. The summed E-state index contributed by atoms with van der Waals surface area (Å²) in [5.41, 5.74) is -1.44. The molecule has 9 heteroatoms. The molecule has 0 aliphatic carbocycles. The summed E-state index contributed by atoms with van der Waals surface area (Å²) >= 11 is 0. The molecule has 0 aromatic carbocycles. The minimum atomic E-state index is -0.727. The summed E-state index contributed by atoms with van der Waals surface area (Å²) in [4.78, 5) is 37.8. The van der Waals surface area contributed by atoms with E-state index in [4.69, 9.17) is 6.42 Å². The number of nitro groups is 1. The van der Waals surface area contributed by atoms with E-state index in [1.54, 1.807) is 0 Å². The van der Waals surface area contributed by atoms with Gasteiger partial charge in [-0.3, -0.25) is 9.36 Å². The Labute approximate surface area is 105 Å². The molecule has 0 fully saturated rings. The van der Waals surface area contributed by atoms with E-state index < -0.39 is 22.1 Å². The Morgan fingerprint density at radius 1 is 1.37 bits per heavy atom. The highest BCUT2D eigenvalue weighted by Gasteiger charge is 2.26. The zero-order chi connectivity index (χ0) is 14.3. The third-order valence-electron chi connectivity index (χ3n) is 2.75. The molecule has 19 heavy (non-hydrogen) atoms. The van der Waals surface area contributed by atoms with Crippen LogP contribution in [0.2, 0.25) is 0 Å². The molecule has 0 bridgehead atoms. The van der Waals surface area contributed by atoms with Crippen LogP contribution in [0, 0.1) is 22.5 Å². The van der Waals surface area contributed by atoms with Gasteiger partial charge < -0.3 is 10.1 Å². The second-order valence-corrected chi connectivity index (χ2v) is 3.84. The molecule has 0 unspecified atom stereocenters. The van der Waals surface area contributed by atoms with Crippen molar-refractivity contribution in [3.63, 3.8) is 0 Å². The van der Waals surface area contributed by atoms with Crippen LogP contribution >= 0.6 is 0 Å². The molecule has 0 aliphatic rings. The highest BCUT2D eigenvalue weighted by molar-refractivity contribution is 5.72. The Morgan fingerprint density at radius 2 is 2.00 bits per heavy atom. The van der Waals surface area contributed by atoms with Crippen LogP contribution in [0.25, 0.3) is 11.2 Å². The van der Waals surface area contributed by atoms with Gasteiger partial charge >= 0.3 is 11.6 Å². The molecule has 98 valence electrons. The second kappa shape index (κ2) is 4.09. The lowest BCUT2D eigenvalue weighted by Gasteiger charge is -2.02. The predicted octanol–water partition coefficient (Wildman–Crippen LogP) is -1.02. The minimum Gasteiger partial charge on any atom is -0.390 e. The van der Waals surface area contributed by atoms with Gasteiger partial charge in [0, 0.05) is 7.05 Å². The lowest BCUT2D eigenvalue weighted by molar-refractivity contribution is -0.396. The summed E-state index contributed by atoms with van der Waals surface area (Å²) in [6.45, 7) is -0.208. The molecule has 0 saturated carbocycles. The number of aryl methyl sites for hydroxylation is 2. The van der Waals surface area contributed by atoms with E-state index in [1.807, 2.05) is 0 Å². The van der Waals surface area contributed by atoms with Crippen molar-refractivity contribution in [2.45, 2.75) is 6.54 Å². The quantitative estimate of drug-likeness (QED) is 0.391. The normalized spacial score (nSPS) is 10.6. The molecule has 0 saturated heterocycles. The van der Waals surface area contributed by atoms with Gasteiger partial charge in [-0.25, -0.2) is 13.9 Å². The van der Waals surface area contributed by atoms with Crippen LogP contribution in [0.15, 0.2) is 9.59 Å². The van der Waals surface area contributed by atoms with Gasteiger partial charge in [0.2, 0.25) is 5.52 Å². The Bertz CT molecular complexity index is 848. The summed E-state index contributed by atoms with van der Waals surface area (Å²) in [6.07, 6.45) is 5.10. The topological polar surface area (TPSA) is 105 Å². The molecule has 0 aliphatic heterocycles. The minimum absolute atomic E-state index is 0.0379. The van der Waals surface area contributed by atoms with Crippen LogP contribution in [0.4, 0.5) is 5.95 Å². The third kappa shape index (κ3) is 1.61. The van der Waals surface area contributed by atoms with Crippen molar-refractivity contribution in [1.82, 2.24) is 18.7 Å². The maximum absolute atomic E-state index is 12.1. The first-order chi connectivity index (χ1) is 8.90. The molecule has 2 aromatic heterocycles. The summed E-state index contributed by atoms with van der Waals surface area (Å²) in [5, 5.41) is 10.8. The average molecular weight is 263 g/mol. The zero-order valence-electron chi connectivity index (χ0n) is 10.2. The lowest BCUT2D eigenvalue weighted by Crippen LogP contribution is -2.39. The van der Waals surface area contributed by atoms with Crippen molar-refractivity contribution >= 4 is 17.1 Å². The number of aromatic nitrogens is 4. The molecule has 2 rings (SSSR count). The summed E-state index contributed by atoms with van der Waals surface area (Å²) in [5.74, 6) is 1.68. The van der Waals surface area contributed by atoms with E-state index >= 15 is 0 Å². The van der Waals surface area contributed by atoms with Crippen LogP contribution in [0.1, 0.15) is 0 Å². The molecule has 9 nitrogen and oxygen atoms in total. The Balaban J connectivity index is 3.05. The molecule has 0 spiro atoms. The first kappa shape index (κ1) is 12.6. The van der Waals surface area contributed by atoms with Gasteiger partial charge in [-0.05, 0) is 9.91 Å². The van der Waals surface area contributed by atoms with Crippen molar-refractivity contribution in [1.29, 1.82) is 0 Å². The Morgan fingerprint density at radius 3 is 2.53 bits per heavy atom. The molecular weight excluding hydrogens is 254 g/mol. The second-order valence-electron chi connectivity index (χ2n) is 3.84. The number of hydrogen-bond acceptors (Lipinski definition) is 5. The number of rotatable bonds is 2. The monoisotopic (exact) mass is 263 g/mol. The van der Waals surface area contributed by atoms with E-state index in [0.717, 1.165) is 13.7 Å². The fraction of sp³-hybridized carbons (Fsp3) is 0.300. The van der Waals surface area contributed by atoms with Crippen LogP contribution in [-0.4, -0.2) is 23.6 Å². The van der Waals surface area contributed by atoms with Crippen LogP contribution < -0.4 is 11.2 Å². The molecule has 0 radical (unpaired) electrons. The van der Waals surface area contributed by atoms with Gasteiger partial charge in [0.1, 0.15) is 0 Å². The molecular formula is C10H9N5O4. The molecule has 0 N–H and O–H groups in total. The largest absolute Gasteiger partial charge is 0.437 e. The van der Waals surface area contributed by atoms with E-state index in [1.165, 1.54) is 14.1 Å². The SMILES string of the molecule is C#CCn1c(=O)c2c(nc([N+](=O)[O-])n2C)n(C)c1=O. The number of fused-ring (bicyclic) bond motifs is 1. The van der Waals surface area contributed by atoms with Gasteiger partial charge in [-0.2, -0.15) is 0 Å². The maximum Gasteiger partial charge on any atom is 0.437 e. The Kier molecular flexibility index (Phi) is 2.71. The van der Waals surface area contributed by atoms with Crippen molar-refractivity contribution < 1.29 is 4.92 Å². The van der Waals surface area contributed by atoms with Crippen molar-refractivity contribution in [2.75, 3.05) is 0 Å². The van der Waals surface area contributed by atoms with Crippen molar-refractivity contribution in [2.24, 2.45) is 14.1 Å². The van der Waals surface area contributed by atoms with Gasteiger partial charge in [0.15, 0.2) is 0 Å². The Hall–Kier alpha value is -2.89. The summed E-state index contributed by atoms with van der Waals surface area (Å²) in [7, 11) is 2.70. The van der Waals surface area contributed by atoms with Crippen LogP contribution in [-0.2, 0) is 20.6 Å². The number of terminal acetylenes is 1. The van der Waals surface area contributed by atoms with Gasteiger partial charge in [0.05, 0.1) is 13.6 Å².